The standard InChI is InChI=1S/C11H18N4O3/c1-13-8-12-10(15(17)18)11(13)14-5-2-3-9(7-14)4-6-16/h8-9,16H,2-7H2,1H3. The third-order valence-electron chi connectivity index (χ3n) is 3.42. The number of piperidine rings is 1. The number of nitro groups is 1. The van der Waals surface area contributed by atoms with E-state index in [2.05, 4.69) is 4.98 Å². The van der Waals surface area contributed by atoms with Gasteiger partial charge in [-0.15, -0.1) is 0 Å². The van der Waals surface area contributed by atoms with Crippen LogP contribution in [0.3, 0.4) is 0 Å². The molecule has 2 rings (SSSR count). The van der Waals surface area contributed by atoms with Crippen LogP contribution in [0.4, 0.5) is 11.6 Å². The van der Waals surface area contributed by atoms with Crippen LogP contribution in [0.15, 0.2) is 6.33 Å². The Hall–Kier alpha value is -1.63. The van der Waals surface area contributed by atoms with Gasteiger partial charge in [0.15, 0.2) is 0 Å². The Labute approximate surface area is 105 Å². The second-order valence-electron chi connectivity index (χ2n) is 4.73. The molecule has 1 saturated heterocycles. The summed E-state index contributed by atoms with van der Waals surface area (Å²) in [6.07, 6.45) is 4.29. The summed E-state index contributed by atoms with van der Waals surface area (Å²) in [7, 11) is 1.77. The maximum atomic E-state index is 10.9. The van der Waals surface area contributed by atoms with E-state index in [1.807, 2.05) is 4.90 Å². The molecule has 0 spiro atoms. The maximum Gasteiger partial charge on any atom is 0.406 e. The Bertz CT molecular complexity index is 430. The highest BCUT2D eigenvalue weighted by Crippen LogP contribution is 2.30. The Morgan fingerprint density at radius 1 is 1.67 bits per heavy atom. The van der Waals surface area contributed by atoms with Crippen molar-refractivity contribution in [1.82, 2.24) is 9.55 Å². The number of aromatic nitrogens is 2. The number of nitrogens with zero attached hydrogens (tertiary/aromatic N) is 4. The van der Waals surface area contributed by atoms with Gasteiger partial charge in [0, 0.05) is 26.7 Å². The van der Waals surface area contributed by atoms with Crippen LogP contribution in [-0.4, -0.2) is 39.3 Å². The van der Waals surface area contributed by atoms with Gasteiger partial charge >= 0.3 is 5.82 Å². The molecular formula is C11H18N4O3. The summed E-state index contributed by atoms with van der Waals surface area (Å²) < 4.78 is 1.69. The van der Waals surface area contributed by atoms with Crippen LogP contribution in [-0.2, 0) is 7.05 Å². The highest BCUT2D eigenvalue weighted by atomic mass is 16.6. The fraction of sp³-hybridized carbons (Fsp3) is 0.727. The smallest absolute Gasteiger partial charge is 0.396 e. The highest BCUT2D eigenvalue weighted by Gasteiger charge is 2.29. The fourth-order valence-electron chi connectivity index (χ4n) is 2.58. The third kappa shape index (κ3) is 2.45. The van der Waals surface area contributed by atoms with E-state index in [1.54, 1.807) is 11.6 Å². The number of anilines is 1. The van der Waals surface area contributed by atoms with Crippen LogP contribution < -0.4 is 4.90 Å². The van der Waals surface area contributed by atoms with E-state index in [-0.39, 0.29) is 12.4 Å². The SMILES string of the molecule is Cn1cnc([N+](=O)[O-])c1N1CCCC(CCO)C1. The molecule has 2 heterocycles. The molecule has 1 atom stereocenters. The van der Waals surface area contributed by atoms with Crippen LogP contribution in [0, 0.1) is 16.0 Å². The van der Waals surface area contributed by atoms with Crippen molar-refractivity contribution in [2.24, 2.45) is 13.0 Å². The van der Waals surface area contributed by atoms with Gasteiger partial charge in [0.25, 0.3) is 0 Å². The predicted molar refractivity (Wildman–Crippen MR) is 66.5 cm³/mol. The molecule has 0 saturated carbocycles. The average molecular weight is 254 g/mol. The second kappa shape index (κ2) is 5.34. The van der Waals surface area contributed by atoms with Crippen molar-refractivity contribution in [3.05, 3.63) is 16.4 Å². The fourth-order valence-corrected chi connectivity index (χ4v) is 2.58. The lowest BCUT2D eigenvalue weighted by Gasteiger charge is -2.33. The van der Waals surface area contributed by atoms with E-state index in [9.17, 15) is 10.1 Å². The molecule has 7 nitrogen and oxygen atoms in total. The molecule has 1 aliphatic rings. The molecule has 18 heavy (non-hydrogen) atoms. The summed E-state index contributed by atoms with van der Waals surface area (Å²) in [5, 5.41) is 19.9. The van der Waals surface area contributed by atoms with Gasteiger partial charge in [-0.05, 0) is 35.1 Å². The summed E-state index contributed by atoms with van der Waals surface area (Å²) in [6.45, 7) is 1.73. The van der Waals surface area contributed by atoms with Crippen molar-refractivity contribution < 1.29 is 10.0 Å². The molecule has 1 N–H and O–H groups in total. The van der Waals surface area contributed by atoms with Crippen molar-refractivity contribution in [1.29, 1.82) is 0 Å². The van der Waals surface area contributed by atoms with Gasteiger partial charge in [-0.2, -0.15) is 0 Å². The maximum absolute atomic E-state index is 10.9. The van der Waals surface area contributed by atoms with Gasteiger partial charge in [-0.1, -0.05) is 0 Å². The second-order valence-corrected chi connectivity index (χ2v) is 4.73. The van der Waals surface area contributed by atoms with Gasteiger partial charge in [0.05, 0.1) is 0 Å². The molecule has 0 bridgehead atoms. The van der Waals surface area contributed by atoms with Gasteiger partial charge in [0.1, 0.15) is 0 Å². The molecule has 1 aromatic rings. The van der Waals surface area contributed by atoms with Crippen LogP contribution in [0.5, 0.6) is 0 Å². The minimum absolute atomic E-state index is 0.0813. The molecular weight excluding hydrogens is 236 g/mol. The van der Waals surface area contributed by atoms with Crippen LogP contribution >= 0.6 is 0 Å². The van der Waals surface area contributed by atoms with Crippen molar-refractivity contribution in [2.45, 2.75) is 19.3 Å². The van der Waals surface area contributed by atoms with E-state index in [0.29, 0.717) is 11.7 Å². The molecule has 0 aromatic carbocycles. The molecule has 0 radical (unpaired) electrons. The average Bonchev–Trinajstić information content (AvgIpc) is 2.72. The lowest BCUT2D eigenvalue weighted by Crippen LogP contribution is -2.37. The third-order valence-corrected chi connectivity index (χ3v) is 3.42. The van der Waals surface area contributed by atoms with E-state index in [1.165, 1.54) is 6.33 Å². The van der Waals surface area contributed by atoms with E-state index < -0.39 is 4.92 Å². The monoisotopic (exact) mass is 254 g/mol. The molecule has 1 fully saturated rings. The summed E-state index contributed by atoms with van der Waals surface area (Å²) >= 11 is 0. The normalized spacial score (nSPS) is 20.1. The summed E-state index contributed by atoms with van der Waals surface area (Å²) in [5.41, 5.74) is 0. The Morgan fingerprint density at radius 3 is 3.11 bits per heavy atom. The van der Waals surface area contributed by atoms with Gasteiger partial charge in [-0.25, -0.2) is 0 Å². The number of aliphatic hydroxyl groups excluding tert-OH is 1. The Morgan fingerprint density at radius 2 is 2.44 bits per heavy atom. The minimum Gasteiger partial charge on any atom is -0.396 e. The first-order chi connectivity index (χ1) is 8.63. The van der Waals surface area contributed by atoms with Crippen molar-refractivity contribution in [3.8, 4) is 0 Å². The minimum atomic E-state index is -0.439. The van der Waals surface area contributed by atoms with Gasteiger partial charge in [-0.3, -0.25) is 4.57 Å². The molecule has 0 aliphatic carbocycles. The summed E-state index contributed by atoms with van der Waals surface area (Å²) in [4.78, 5) is 16.4. The summed E-state index contributed by atoms with van der Waals surface area (Å²) in [5.74, 6) is 0.892. The largest absolute Gasteiger partial charge is 0.406 e. The first kappa shape index (κ1) is 12.8. The van der Waals surface area contributed by atoms with Crippen molar-refractivity contribution >= 4 is 11.6 Å². The zero-order chi connectivity index (χ0) is 13.1. The predicted octanol–water partition coefficient (Wildman–Crippen LogP) is 0.927. The highest BCUT2D eigenvalue weighted by molar-refractivity contribution is 5.54. The van der Waals surface area contributed by atoms with Crippen LogP contribution in [0.2, 0.25) is 0 Å². The van der Waals surface area contributed by atoms with Crippen molar-refractivity contribution in [3.63, 3.8) is 0 Å². The first-order valence-electron chi connectivity index (χ1n) is 6.15. The number of imidazole rings is 1. The molecule has 1 aliphatic heterocycles. The van der Waals surface area contributed by atoms with E-state index >= 15 is 0 Å². The van der Waals surface area contributed by atoms with Crippen LogP contribution in [0.25, 0.3) is 0 Å². The first-order valence-corrected chi connectivity index (χ1v) is 6.15. The topological polar surface area (TPSA) is 84.4 Å². The number of aryl methyl sites for hydroxylation is 1. The molecule has 1 unspecified atom stereocenters. The lowest BCUT2D eigenvalue weighted by atomic mass is 9.95. The number of aliphatic hydroxyl groups is 1. The van der Waals surface area contributed by atoms with Gasteiger partial charge in [0.2, 0.25) is 12.1 Å². The zero-order valence-electron chi connectivity index (χ0n) is 10.4. The summed E-state index contributed by atoms with van der Waals surface area (Å²) in [6, 6.07) is 0. The molecule has 0 amide bonds. The van der Waals surface area contributed by atoms with E-state index in [4.69, 9.17) is 5.11 Å². The quantitative estimate of drug-likeness (QED) is 0.638. The van der Waals surface area contributed by atoms with E-state index in [0.717, 1.165) is 32.4 Å². The molecule has 1 aromatic heterocycles. The van der Waals surface area contributed by atoms with Crippen molar-refractivity contribution in [2.75, 3.05) is 24.6 Å². The Balaban J connectivity index is 2.20. The lowest BCUT2D eigenvalue weighted by molar-refractivity contribution is -0.388. The van der Waals surface area contributed by atoms with Crippen LogP contribution in [0.1, 0.15) is 19.3 Å². The zero-order valence-corrected chi connectivity index (χ0v) is 10.4. The van der Waals surface area contributed by atoms with Gasteiger partial charge < -0.3 is 20.1 Å². The number of hydrogen-bond donors (Lipinski definition) is 1. The Kier molecular flexibility index (Phi) is 3.81. The molecule has 7 heteroatoms. The number of hydrogen-bond acceptors (Lipinski definition) is 5. The molecule has 100 valence electrons. The number of rotatable bonds is 4.